The standard InChI is InChI=1S/C12H17NO3S/c1-8(6-12(14)16-3)17-11-7-9(15-2)4-5-10(11)13/h4-5,7-8H,6,13H2,1-3H3. The molecule has 4 nitrogen and oxygen atoms in total. The van der Waals surface area contributed by atoms with Crippen LogP contribution in [0.2, 0.25) is 0 Å². The Morgan fingerprint density at radius 3 is 2.76 bits per heavy atom. The molecule has 2 N–H and O–H groups in total. The molecular weight excluding hydrogens is 238 g/mol. The van der Waals surface area contributed by atoms with Gasteiger partial charge in [0.15, 0.2) is 0 Å². The number of thioether (sulfide) groups is 1. The summed E-state index contributed by atoms with van der Waals surface area (Å²) in [5, 5.41) is 0.108. The Morgan fingerprint density at radius 2 is 2.18 bits per heavy atom. The molecule has 0 aliphatic heterocycles. The van der Waals surface area contributed by atoms with Crippen molar-refractivity contribution in [3.8, 4) is 5.75 Å². The molecule has 0 saturated heterocycles. The third-order valence-electron chi connectivity index (χ3n) is 2.23. The summed E-state index contributed by atoms with van der Waals surface area (Å²) in [5.74, 6) is 0.540. The minimum absolute atomic E-state index is 0.108. The van der Waals surface area contributed by atoms with Gasteiger partial charge in [-0.05, 0) is 18.2 Å². The molecule has 0 bridgehead atoms. The van der Waals surface area contributed by atoms with Crippen molar-refractivity contribution in [2.75, 3.05) is 20.0 Å². The van der Waals surface area contributed by atoms with Crippen LogP contribution in [-0.2, 0) is 9.53 Å². The van der Waals surface area contributed by atoms with E-state index in [4.69, 9.17) is 10.5 Å². The lowest BCUT2D eigenvalue weighted by atomic mass is 10.3. The number of hydrogen-bond donors (Lipinski definition) is 1. The first-order valence-corrected chi connectivity index (χ1v) is 6.11. The van der Waals surface area contributed by atoms with Gasteiger partial charge in [-0.3, -0.25) is 4.79 Å². The van der Waals surface area contributed by atoms with Crippen molar-refractivity contribution < 1.29 is 14.3 Å². The lowest BCUT2D eigenvalue weighted by molar-refractivity contribution is -0.140. The summed E-state index contributed by atoms with van der Waals surface area (Å²) in [6.45, 7) is 1.96. The maximum Gasteiger partial charge on any atom is 0.306 e. The summed E-state index contributed by atoms with van der Waals surface area (Å²) in [5.41, 5.74) is 6.55. The third kappa shape index (κ3) is 4.19. The van der Waals surface area contributed by atoms with Crippen LogP contribution in [0.4, 0.5) is 5.69 Å². The normalized spacial score (nSPS) is 11.9. The van der Waals surface area contributed by atoms with Gasteiger partial charge in [-0.15, -0.1) is 11.8 Å². The lowest BCUT2D eigenvalue weighted by Crippen LogP contribution is -2.08. The minimum Gasteiger partial charge on any atom is -0.497 e. The summed E-state index contributed by atoms with van der Waals surface area (Å²) >= 11 is 1.54. The Balaban J connectivity index is 2.70. The van der Waals surface area contributed by atoms with Crippen molar-refractivity contribution in [3.05, 3.63) is 18.2 Å². The summed E-state index contributed by atoms with van der Waals surface area (Å²) in [6, 6.07) is 5.48. The van der Waals surface area contributed by atoms with Crippen LogP contribution in [0.15, 0.2) is 23.1 Å². The number of methoxy groups -OCH3 is 2. The molecular formula is C12H17NO3S. The molecule has 0 aliphatic rings. The highest BCUT2D eigenvalue weighted by molar-refractivity contribution is 8.00. The van der Waals surface area contributed by atoms with Gasteiger partial charge >= 0.3 is 5.97 Å². The Bertz CT molecular complexity index is 395. The molecule has 1 aromatic rings. The maximum atomic E-state index is 11.1. The second kappa shape index (κ2) is 6.39. The fraction of sp³-hybridized carbons (Fsp3) is 0.417. The predicted molar refractivity (Wildman–Crippen MR) is 69.4 cm³/mol. The molecule has 1 rings (SSSR count). The first-order chi connectivity index (χ1) is 8.06. The molecule has 17 heavy (non-hydrogen) atoms. The van der Waals surface area contributed by atoms with Crippen LogP contribution in [0.3, 0.4) is 0 Å². The van der Waals surface area contributed by atoms with E-state index in [1.165, 1.54) is 18.9 Å². The molecule has 0 radical (unpaired) electrons. The molecule has 0 amide bonds. The molecule has 0 heterocycles. The third-order valence-corrected chi connectivity index (χ3v) is 3.41. The second-order valence-corrected chi connectivity index (χ2v) is 5.09. The van der Waals surface area contributed by atoms with E-state index in [1.807, 2.05) is 19.1 Å². The van der Waals surface area contributed by atoms with E-state index in [-0.39, 0.29) is 11.2 Å². The first kappa shape index (κ1) is 13.7. The zero-order chi connectivity index (χ0) is 12.8. The lowest BCUT2D eigenvalue weighted by Gasteiger charge is -2.12. The van der Waals surface area contributed by atoms with Gasteiger partial charge < -0.3 is 15.2 Å². The maximum absolute atomic E-state index is 11.1. The van der Waals surface area contributed by atoms with Crippen LogP contribution in [0, 0.1) is 0 Å². The van der Waals surface area contributed by atoms with Gasteiger partial charge in [0, 0.05) is 15.8 Å². The molecule has 0 spiro atoms. The van der Waals surface area contributed by atoms with Gasteiger partial charge in [0.2, 0.25) is 0 Å². The SMILES string of the molecule is COC(=O)CC(C)Sc1cc(OC)ccc1N. The number of esters is 1. The summed E-state index contributed by atoms with van der Waals surface area (Å²) in [4.78, 5) is 12.0. The predicted octanol–water partition coefficient (Wildman–Crippen LogP) is 2.32. The van der Waals surface area contributed by atoms with Gasteiger partial charge in [0.25, 0.3) is 0 Å². The Kier molecular flexibility index (Phi) is 5.15. The van der Waals surface area contributed by atoms with Crippen molar-refractivity contribution >= 4 is 23.4 Å². The molecule has 5 heteroatoms. The number of rotatable bonds is 5. The topological polar surface area (TPSA) is 61.5 Å². The summed E-state index contributed by atoms with van der Waals surface area (Å²) in [7, 11) is 3.00. The monoisotopic (exact) mass is 255 g/mol. The smallest absolute Gasteiger partial charge is 0.306 e. The van der Waals surface area contributed by atoms with E-state index in [1.54, 1.807) is 13.2 Å². The number of nitrogens with two attached hydrogens (primary N) is 1. The number of hydrogen-bond acceptors (Lipinski definition) is 5. The zero-order valence-electron chi connectivity index (χ0n) is 10.2. The molecule has 1 unspecified atom stereocenters. The highest BCUT2D eigenvalue weighted by Crippen LogP contribution is 2.33. The van der Waals surface area contributed by atoms with Gasteiger partial charge in [-0.25, -0.2) is 0 Å². The largest absolute Gasteiger partial charge is 0.497 e. The summed E-state index contributed by atoms with van der Waals surface area (Å²) in [6.07, 6.45) is 0.359. The van der Waals surface area contributed by atoms with Crippen LogP contribution in [0.5, 0.6) is 5.75 Å². The Hall–Kier alpha value is -1.36. The fourth-order valence-corrected chi connectivity index (χ4v) is 2.36. The summed E-state index contributed by atoms with van der Waals surface area (Å²) < 4.78 is 9.76. The number of ether oxygens (including phenoxy) is 2. The average molecular weight is 255 g/mol. The van der Waals surface area contributed by atoms with Gasteiger partial charge in [-0.2, -0.15) is 0 Å². The average Bonchev–Trinajstić information content (AvgIpc) is 2.31. The van der Waals surface area contributed by atoms with E-state index >= 15 is 0 Å². The van der Waals surface area contributed by atoms with Crippen LogP contribution < -0.4 is 10.5 Å². The molecule has 0 saturated carbocycles. The van der Waals surface area contributed by atoms with E-state index in [0.717, 1.165) is 10.6 Å². The van der Waals surface area contributed by atoms with Crippen LogP contribution in [0.1, 0.15) is 13.3 Å². The van der Waals surface area contributed by atoms with E-state index in [9.17, 15) is 4.79 Å². The number of benzene rings is 1. The number of carbonyl (C=O) groups excluding carboxylic acids is 1. The van der Waals surface area contributed by atoms with Crippen LogP contribution in [-0.4, -0.2) is 25.4 Å². The highest BCUT2D eigenvalue weighted by atomic mass is 32.2. The van der Waals surface area contributed by atoms with Gasteiger partial charge in [0.05, 0.1) is 20.6 Å². The van der Waals surface area contributed by atoms with Gasteiger partial charge in [0.1, 0.15) is 5.75 Å². The number of carbonyl (C=O) groups is 1. The highest BCUT2D eigenvalue weighted by Gasteiger charge is 2.12. The fourth-order valence-electron chi connectivity index (χ4n) is 1.32. The van der Waals surface area contributed by atoms with E-state index in [0.29, 0.717) is 12.1 Å². The molecule has 1 atom stereocenters. The molecule has 1 aromatic carbocycles. The quantitative estimate of drug-likeness (QED) is 0.497. The molecule has 0 aliphatic carbocycles. The van der Waals surface area contributed by atoms with Crippen molar-refractivity contribution in [2.45, 2.75) is 23.5 Å². The van der Waals surface area contributed by atoms with Crippen LogP contribution >= 0.6 is 11.8 Å². The zero-order valence-corrected chi connectivity index (χ0v) is 11.0. The van der Waals surface area contributed by atoms with Crippen molar-refractivity contribution in [1.82, 2.24) is 0 Å². The number of nitrogen functional groups attached to an aromatic ring is 1. The van der Waals surface area contributed by atoms with E-state index < -0.39 is 0 Å². The Morgan fingerprint density at radius 1 is 1.47 bits per heavy atom. The van der Waals surface area contributed by atoms with E-state index in [2.05, 4.69) is 4.74 Å². The molecule has 0 fully saturated rings. The first-order valence-electron chi connectivity index (χ1n) is 5.23. The molecule has 94 valence electrons. The van der Waals surface area contributed by atoms with Crippen molar-refractivity contribution in [3.63, 3.8) is 0 Å². The Labute approximate surface area is 105 Å². The van der Waals surface area contributed by atoms with Crippen molar-refractivity contribution in [2.24, 2.45) is 0 Å². The molecule has 0 aromatic heterocycles. The van der Waals surface area contributed by atoms with Crippen LogP contribution in [0.25, 0.3) is 0 Å². The second-order valence-electron chi connectivity index (χ2n) is 3.61. The number of anilines is 1. The van der Waals surface area contributed by atoms with Gasteiger partial charge in [-0.1, -0.05) is 6.92 Å². The van der Waals surface area contributed by atoms with Crippen molar-refractivity contribution in [1.29, 1.82) is 0 Å². The minimum atomic E-state index is -0.216.